The van der Waals surface area contributed by atoms with Crippen LogP contribution in [0.15, 0.2) is 47.4 Å². The van der Waals surface area contributed by atoms with Crippen LogP contribution in [0.3, 0.4) is 0 Å². The molecule has 0 aliphatic carbocycles. The molecule has 0 spiro atoms. The van der Waals surface area contributed by atoms with Crippen LogP contribution >= 0.6 is 11.6 Å². The quantitative estimate of drug-likeness (QED) is 0.693. The molecule has 1 saturated heterocycles. The molecule has 168 valence electrons. The van der Waals surface area contributed by atoms with E-state index in [-0.39, 0.29) is 34.4 Å². The highest BCUT2D eigenvalue weighted by molar-refractivity contribution is 7.89. The minimum Gasteiger partial charge on any atom is -0.495 e. The zero-order valence-electron chi connectivity index (χ0n) is 16.4. The molecule has 1 heterocycles. The number of methoxy groups -OCH3 is 1. The van der Waals surface area contributed by atoms with Gasteiger partial charge in [-0.05, 0) is 43.2 Å². The molecule has 1 atom stereocenters. The molecule has 1 aliphatic rings. The summed E-state index contributed by atoms with van der Waals surface area (Å²) in [4.78, 5) is 12.6. The second-order valence-electron chi connectivity index (χ2n) is 7.03. The number of piperidine rings is 1. The smallest absolute Gasteiger partial charge is 0.418 e. The third-order valence-electron chi connectivity index (χ3n) is 4.99. The zero-order chi connectivity index (χ0) is 22.8. The molecule has 0 aromatic heterocycles. The zero-order valence-corrected chi connectivity index (χ0v) is 18.0. The van der Waals surface area contributed by atoms with Gasteiger partial charge in [0.2, 0.25) is 15.9 Å². The number of carbonyl (C=O) groups excluding carboxylic acids is 1. The number of anilines is 1. The summed E-state index contributed by atoms with van der Waals surface area (Å²) < 4.78 is 72.1. The number of nitrogens with zero attached hydrogens (tertiary/aromatic N) is 1. The van der Waals surface area contributed by atoms with Gasteiger partial charge in [0.15, 0.2) is 0 Å². The number of nitrogens with one attached hydrogen (secondary N) is 1. The predicted octanol–water partition coefficient (Wildman–Crippen LogP) is 4.41. The summed E-state index contributed by atoms with van der Waals surface area (Å²) in [6, 6.07) is 8.83. The Morgan fingerprint density at radius 1 is 1.23 bits per heavy atom. The van der Waals surface area contributed by atoms with E-state index in [9.17, 15) is 26.4 Å². The van der Waals surface area contributed by atoms with E-state index >= 15 is 0 Å². The summed E-state index contributed by atoms with van der Waals surface area (Å²) in [5.41, 5.74) is -1.33. The molecule has 6 nitrogen and oxygen atoms in total. The second-order valence-corrected chi connectivity index (χ2v) is 9.37. The van der Waals surface area contributed by atoms with Crippen LogP contribution in [-0.2, 0) is 21.0 Å². The lowest BCUT2D eigenvalue weighted by Crippen LogP contribution is -2.43. The Labute approximate surface area is 183 Å². The molecule has 1 N–H and O–H groups in total. The number of benzene rings is 2. The highest BCUT2D eigenvalue weighted by Gasteiger charge is 2.37. The maximum atomic E-state index is 13.2. The van der Waals surface area contributed by atoms with Gasteiger partial charge in [-0.1, -0.05) is 23.7 Å². The Hall–Kier alpha value is -2.30. The number of hydrogen-bond acceptors (Lipinski definition) is 4. The SMILES string of the molecule is COc1ccc(Cl)cc1S(=O)(=O)N1CCC[C@H](C(=O)Nc2ccccc2C(F)(F)F)C1. The Morgan fingerprint density at radius 2 is 1.94 bits per heavy atom. The Bertz CT molecular complexity index is 1080. The molecule has 31 heavy (non-hydrogen) atoms. The standard InChI is InChI=1S/C20H20ClF3N2O4S/c1-30-17-9-8-14(21)11-18(17)31(28,29)26-10-4-5-13(12-26)19(27)25-16-7-3-2-6-15(16)20(22,23)24/h2-3,6-9,11,13H,4-5,10,12H2,1H3,(H,25,27)/t13-/m0/s1. The molecule has 0 bridgehead atoms. The lowest BCUT2D eigenvalue weighted by Gasteiger charge is -2.31. The summed E-state index contributed by atoms with van der Waals surface area (Å²) in [5, 5.41) is 2.51. The van der Waals surface area contributed by atoms with Gasteiger partial charge in [0.25, 0.3) is 0 Å². The van der Waals surface area contributed by atoms with Crippen LogP contribution in [0.4, 0.5) is 18.9 Å². The molecule has 1 aliphatic heterocycles. The number of carbonyl (C=O) groups is 1. The highest BCUT2D eigenvalue weighted by Crippen LogP contribution is 2.36. The van der Waals surface area contributed by atoms with Crippen molar-refractivity contribution in [3.05, 3.63) is 53.1 Å². The van der Waals surface area contributed by atoms with Crippen molar-refractivity contribution in [1.29, 1.82) is 0 Å². The first-order chi connectivity index (χ1) is 14.5. The molecular formula is C20H20ClF3N2O4S. The second kappa shape index (κ2) is 9.05. The largest absolute Gasteiger partial charge is 0.495 e. The molecule has 1 amide bonds. The average molecular weight is 477 g/mol. The van der Waals surface area contributed by atoms with E-state index in [1.807, 2.05) is 0 Å². The van der Waals surface area contributed by atoms with Gasteiger partial charge in [-0.3, -0.25) is 4.79 Å². The average Bonchev–Trinajstić information content (AvgIpc) is 2.73. The Morgan fingerprint density at radius 3 is 2.61 bits per heavy atom. The normalized spacial score (nSPS) is 17.9. The van der Waals surface area contributed by atoms with Gasteiger partial charge in [-0.25, -0.2) is 8.42 Å². The van der Waals surface area contributed by atoms with Crippen molar-refractivity contribution >= 4 is 33.2 Å². The summed E-state index contributed by atoms with van der Waals surface area (Å²) in [6.45, 7) is -0.00105. The van der Waals surface area contributed by atoms with E-state index in [4.69, 9.17) is 16.3 Å². The van der Waals surface area contributed by atoms with Crippen molar-refractivity contribution < 1.29 is 31.1 Å². The highest BCUT2D eigenvalue weighted by atomic mass is 35.5. The van der Waals surface area contributed by atoms with Crippen molar-refractivity contribution in [2.45, 2.75) is 23.9 Å². The van der Waals surface area contributed by atoms with Gasteiger partial charge in [-0.2, -0.15) is 17.5 Å². The number of rotatable bonds is 5. The molecule has 2 aromatic carbocycles. The Balaban J connectivity index is 1.81. The first-order valence-electron chi connectivity index (χ1n) is 9.35. The van der Waals surface area contributed by atoms with Crippen molar-refractivity contribution in [2.24, 2.45) is 5.92 Å². The van der Waals surface area contributed by atoms with Crippen LogP contribution in [0.5, 0.6) is 5.75 Å². The van der Waals surface area contributed by atoms with Gasteiger partial charge >= 0.3 is 6.18 Å². The molecule has 11 heteroatoms. The van der Waals surface area contributed by atoms with Crippen molar-refractivity contribution in [3.63, 3.8) is 0 Å². The molecule has 0 radical (unpaired) electrons. The van der Waals surface area contributed by atoms with E-state index in [1.54, 1.807) is 0 Å². The molecule has 2 aromatic rings. The summed E-state index contributed by atoms with van der Waals surface area (Å²) in [7, 11) is -2.71. The van der Waals surface area contributed by atoms with Crippen molar-refractivity contribution in [3.8, 4) is 5.75 Å². The van der Waals surface area contributed by atoms with Crippen LogP contribution in [0, 0.1) is 5.92 Å². The van der Waals surface area contributed by atoms with Crippen LogP contribution in [0.25, 0.3) is 0 Å². The van der Waals surface area contributed by atoms with E-state index < -0.39 is 33.6 Å². The van der Waals surface area contributed by atoms with Gasteiger partial charge in [0.1, 0.15) is 10.6 Å². The fourth-order valence-electron chi connectivity index (χ4n) is 3.44. The number of hydrogen-bond donors (Lipinski definition) is 1. The van der Waals surface area contributed by atoms with E-state index in [1.165, 1.54) is 37.4 Å². The van der Waals surface area contributed by atoms with E-state index in [0.717, 1.165) is 16.4 Å². The molecule has 0 saturated carbocycles. The number of para-hydroxylation sites is 1. The fourth-order valence-corrected chi connectivity index (χ4v) is 5.38. The molecule has 1 fully saturated rings. The summed E-state index contributed by atoms with van der Waals surface area (Å²) >= 11 is 5.95. The number of amides is 1. The van der Waals surface area contributed by atoms with Crippen LogP contribution < -0.4 is 10.1 Å². The first kappa shape index (κ1) is 23.4. The number of halogens is 4. The number of sulfonamides is 1. The maximum absolute atomic E-state index is 13.2. The van der Waals surface area contributed by atoms with Crippen LogP contribution in [-0.4, -0.2) is 38.8 Å². The monoisotopic (exact) mass is 476 g/mol. The van der Waals surface area contributed by atoms with Crippen LogP contribution in [0.1, 0.15) is 18.4 Å². The molecule has 3 rings (SSSR count). The maximum Gasteiger partial charge on any atom is 0.418 e. The van der Waals surface area contributed by atoms with Gasteiger partial charge < -0.3 is 10.1 Å². The summed E-state index contributed by atoms with van der Waals surface area (Å²) in [6.07, 6.45) is -3.91. The topological polar surface area (TPSA) is 75.7 Å². The first-order valence-corrected chi connectivity index (χ1v) is 11.2. The van der Waals surface area contributed by atoms with Crippen molar-refractivity contribution in [1.82, 2.24) is 4.31 Å². The van der Waals surface area contributed by atoms with Gasteiger partial charge in [0, 0.05) is 18.1 Å². The predicted molar refractivity (Wildman–Crippen MR) is 110 cm³/mol. The Kier molecular flexibility index (Phi) is 6.82. The van der Waals surface area contributed by atoms with Gasteiger partial charge in [0.05, 0.1) is 24.3 Å². The number of ether oxygens (including phenoxy) is 1. The molecular weight excluding hydrogens is 457 g/mol. The van der Waals surface area contributed by atoms with E-state index in [2.05, 4.69) is 5.32 Å². The lowest BCUT2D eigenvalue weighted by molar-refractivity contribution is -0.137. The fraction of sp³-hybridized carbons (Fsp3) is 0.350. The minimum absolute atomic E-state index is 0.107. The van der Waals surface area contributed by atoms with Gasteiger partial charge in [-0.15, -0.1) is 0 Å². The number of alkyl halides is 3. The van der Waals surface area contributed by atoms with E-state index in [0.29, 0.717) is 12.8 Å². The third-order valence-corrected chi connectivity index (χ3v) is 7.11. The minimum atomic E-state index is -4.63. The summed E-state index contributed by atoms with van der Waals surface area (Å²) in [5.74, 6) is -1.38. The van der Waals surface area contributed by atoms with Crippen LogP contribution in [0.2, 0.25) is 5.02 Å². The van der Waals surface area contributed by atoms with Crippen molar-refractivity contribution in [2.75, 3.05) is 25.5 Å². The lowest BCUT2D eigenvalue weighted by atomic mass is 9.98. The molecule has 0 unspecified atom stereocenters. The third kappa shape index (κ3) is 5.13.